The van der Waals surface area contributed by atoms with Gasteiger partial charge in [-0.1, -0.05) is 67.9 Å². The van der Waals surface area contributed by atoms with E-state index < -0.39 is 0 Å². The minimum Gasteiger partial charge on any atom is -0.493 e. The summed E-state index contributed by atoms with van der Waals surface area (Å²) in [6.45, 7) is 6.61. The Morgan fingerprint density at radius 3 is 2.54 bits per heavy atom. The van der Waals surface area contributed by atoms with Gasteiger partial charge in [0, 0.05) is 24.5 Å². The van der Waals surface area contributed by atoms with Crippen molar-refractivity contribution in [2.45, 2.75) is 58.4 Å². The summed E-state index contributed by atoms with van der Waals surface area (Å²) in [5.41, 5.74) is 4.40. The number of nitrogens with zero attached hydrogens (tertiary/aromatic N) is 2. The van der Waals surface area contributed by atoms with Crippen LogP contribution in [0.2, 0.25) is 5.02 Å². The average Bonchev–Trinajstić information content (AvgIpc) is 3.25. The van der Waals surface area contributed by atoms with E-state index in [1.54, 1.807) is 0 Å². The van der Waals surface area contributed by atoms with Crippen LogP contribution in [0.5, 0.6) is 5.75 Å². The number of nitrogens with one attached hydrogen (secondary N) is 1. The van der Waals surface area contributed by atoms with Gasteiger partial charge in [0.1, 0.15) is 11.6 Å². The first kappa shape index (κ1) is 26.7. The van der Waals surface area contributed by atoms with Crippen molar-refractivity contribution < 1.29 is 9.53 Å². The molecule has 1 amide bonds. The molecule has 0 aliphatic carbocycles. The topological polar surface area (TPSA) is 56.1 Å². The highest BCUT2D eigenvalue weighted by Gasteiger charge is 2.11. The van der Waals surface area contributed by atoms with E-state index in [-0.39, 0.29) is 5.91 Å². The van der Waals surface area contributed by atoms with Crippen molar-refractivity contribution in [1.29, 1.82) is 0 Å². The van der Waals surface area contributed by atoms with Gasteiger partial charge in [-0.15, -0.1) is 0 Å². The number of unbranched alkanes of at least 4 members (excludes halogenated alkanes) is 1. The van der Waals surface area contributed by atoms with Crippen molar-refractivity contribution in [3.8, 4) is 5.75 Å². The zero-order valence-corrected chi connectivity index (χ0v) is 22.5. The molecule has 1 aromatic heterocycles. The molecule has 0 aliphatic heterocycles. The lowest BCUT2D eigenvalue weighted by Crippen LogP contribution is -2.26. The van der Waals surface area contributed by atoms with Crippen LogP contribution in [-0.4, -0.2) is 28.6 Å². The number of imidazole rings is 1. The second-order valence-corrected chi connectivity index (χ2v) is 10.1. The SMILES string of the molecule is CC(C)c1ccccc1OCCCCn1c(CCCNC(=O)Cc2ccc(Cl)cc2)nc2ccccc21. The summed E-state index contributed by atoms with van der Waals surface area (Å²) < 4.78 is 8.44. The molecule has 0 atom stereocenters. The molecule has 4 aromatic rings. The monoisotopic (exact) mass is 517 g/mol. The molecule has 5 nitrogen and oxygen atoms in total. The average molecular weight is 518 g/mol. The third kappa shape index (κ3) is 7.59. The molecule has 0 saturated carbocycles. The van der Waals surface area contributed by atoms with Gasteiger partial charge in [-0.05, 0) is 66.6 Å². The molecule has 194 valence electrons. The van der Waals surface area contributed by atoms with E-state index >= 15 is 0 Å². The molecular formula is C31H36ClN3O2. The molecule has 1 heterocycles. The number of fused-ring (bicyclic) bond motifs is 1. The second-order valence-electron chi connectivity index (χ2n) is 9.67. The molecule has 0 radical (unpaired) electrons. The molecule has 1 N–H and O–H groups in total. The van der Waals surface area contributed by atoms with Gasteiger partial charge in [0.15, 0.2) is 0 Å². The molecule has 0 fully saturated rings. The first-order chi connectivity index (χ1) is 18.0. The summed E-state index contributed by atoms with van der Waals surface area (Å²) in [6, 6.07) is 24.0. The maximum absolute atomic E-state index is 12.3. The van der Waals surface area contributed by atoms with Crippen molar-refractivity contribution in [1.82, 2.24) is 14.9 Å². The van der Waals surface area contributed by atoms with E-state index in [0.29, 0.717) is 30.5 Å². The summed E-state index contributed by atoms with van der Waals surface area (Å²) in [6.07, 6.45) is 3.99. The van der Waals surface area contributed by atoms with E-state index in [9.17, 15) is 4.79 Å². The van der Waals surface area contributed by atoms with Crippen LogP contribution in [-0.2, 0) is 24.2 Å². The van der Waals surface area contributed by atoms with Gasteiger partial charge in [0.25, 0.3) is 0 Å². The number of benzene rings is 3. The number of hydrogen-bond acceptors (Lipinski definition) is 3. The second kappa shape index (κ2) is 13.3. The third-order valence-electron chi connectivity index (χ3n) is 6.49. The van der Waals surface area contributed by atoms with Crippen LogP contribution < -0.4 is 10.1 Å². The van der Waals surface area contributed by atoms with Gasteiger partial charge in [-0.2, -0.15) is 0 Å². The van der Waals surface area contributed by atoms with E-state index in [1.165, 1.54) is 5.56 Å². The Morgan fingerprint density at radius 1 is 0.973 bits per heavy atom. The Kier molecular flexibility index (Phi) is 9.61. The Balaban J connectivity index is 1.27. The number of aromatic nitrogens is 2. The highest BCUT2D eigenvalue weighted by molar-refractivity contribution is 6.30. The van der Waals surface area contributed by atoms with Crippen molar-refractivity contribution >= 4 is 28.5 Å². The first-order valence-electron chi connectivity index (χ1n) is 13.2. The van der Waals surface area contributed by atoms with E-state index in [2.05, 4.69) is 60.1 Å². The minimum absolute atomic E-state index is 0.0230. The quantitative estimate of drug-likeness (QED) is 0.195. The largest absolute Gasteiger partial charge is 0.493 e. The number of carbonyl (C=O) groups is 1. The van der Waals surface area contributed by atoms with Crippen LogP contribution in [0.1, 0.15) is 56.0 Å². The number of rotatable bonds is 13. The van der Waals surface area contributed by atoms with Crippen molar-refractivity contribution in [2.24, 2.45) is 0 Å². The van der Waals surface area contributed by atoms with Crippen LogP contribution in [0, 0.1) is 0 Å². The van der Waals surface area contributed by atoms with Gasteiger partial charge in [0.2, 0.25) is 5.91 Å². The molecule has 6 heteroatoms. The molecular weight excluding hydrogens is 482 g/mol. The Labute approximate surface area is 224 Å². The lowest BCUT2D eigenvalue weighted by atomic mass is 10.0. The molecule has 0 unspecified atom stereocenters. The van der Waals surface area contributed by atoms with Gasteiger partial charge in [-0.3, -0.25) is 4.79 Å². The zero-order chi connectivity index (χ0) is 26.0. The summed E-state index contributed by atoms with van der Waals surface area (Å²) >= 11 is 5.92. The van der Waals surface area contributed by atoms with Crippen LogP contribution in [0.15, 0.2) is 72.8 Å². The lowest BCUT2D eigenvalue weighted by Gasteiger charge is -2.14. The van der Waals surface area contributed by atoms with Crippen molar-refractivity contribution in [3.63, 3.8) is 0 Å². The number of amides is 1. The third-order valence-corrected chi connectivity index (χ3v) is 6.74. The van der Waals surface area contributed by atoms with Gasteiger partial charge < -0.3 is 14.6 Å². The summed E-state index contributed by atoms with van der Waals surface area (Å²) in [5, 5.41) is 3.71. The number of aryl methyl sites for hydroxylation is 2. The maximum atomic E-state index is 12.3. The summed E-state index contributed by atoms with van der Waals surface area (Å²) in [5.74, 6) is 2.52. The van der Waals surface area contributed by atoms with E-state index in [1.807, 2.05) is 36.4 Å². The molecule has 0 bridgehead atoms. The zero-order valence-electron chi connectivity index (χ0n) is 21.8. The smallest absolute Gasteiger partial charge is 0.224 e. The number of carbonyl (C=O) groups excluding carboxylic acids is 1. The fraction of sp³-hybridized carbons (Fsp3) is 0.355. The maximum Gasteiger partial charge on any atom is 0.224 e. The fourth-order valence-corrected chi connectivity index (χ4v) is 4.66. The standard InChI is InChI=1S/C31H36ClN3O2/c1-23(2)26-10-3-6-13-29(26)37-21-8-7-20-35-28-12-5-4-11-27(28)34-30(35)14-9-19-33-31(36)22-24-15-17-25(32)18-16-24/h3-6,10-13,15-18,23H,7-9,14,19-22H2,1-2H3,(H,33,36). The van der Waals surface area contributed by atoms with Crippen LogP contribution >= 0.6 is 11.6 Å². The lowest BCUT2D eigenvalue weighted by molar-refractivity contribution is -0.120. The van der Waals surface area contributed by atoms with Crippen molar-refractivity contribution in [3.05, 3.63) is 94.8 Å². The number of para-hydroxylation sites is 3. The number of hydrogen-bond donors (Lipinski definition) is 1. The Bertz CT molecular complexity index is 1300. The predicted molar refractivity (Wildman–Crippen MR) is 151 cm³/mol. The highest BCUT2D eigenvalue weighted by Crippen LogP contribution is 2.26. The van der Waals surface area contributed by atoms with E-state index in [0.717, 1.165) is 60.4 Å². The van der Waals surface area contributed by atoms with Crippen LogP contribution in [0.3, 0.4) is 0 Å². The molecule has 3 aromatic carbocycles. The summed E-state index contributed by atoms with van der Waals surface area (Å²) in [7, 11) is 0. The Morgan fingerprint density at radius 2 is 1.73 bits per heavy atom. The molecule has 37 heavy (non-hydrogen) atoms. The summed E-state index contributed by atoms with van der Waals surface area (Å²) in [4.78, 5) is 17.2. The first-order valence-corrected chi connectivity index (χ1v) is 13.6. The molecule has 0 saturated heterocycles. The van der Waals surface area contributed by atoms with E-state index in [4.69, 9.17) is 21.3 Å². The van der Waals surface area contributed by atoms with Gasteiger partial charge in [0.05, 0.1) is 24.1 Å². The molecule has 4 rings (SSSR count). The van der Waals surface area contributed by atoms with Crippen LogP contribution in [0.4, 0.5) is 0 Å². The number of halogens is 1. The predicted octanol–water partition coefficient (Wildman–Crippen LogP) is 6.96. The Hall–Kier alpha value is -3.31. The van der Waals surface area contributed by atoms with Crippen molar-refractivity contribution in [2.75, 3.05) is 13.2 Å². The normalized spacial score (nSPS) is 11.2. The number of ether oxygens (including phenoxy) is 1. The van der Waals surface area contributed by atoms with Gasteiger partial charge in [-0.25, -0.2) is 4.98 Å². The molecule has 0 spiro atoms. The van der Waals surface area contributed by atoms with Crippen LogP contribution in [0.25, 0.3) is 11.0 Å². The molecule has 0 aliphatic rings. The highest BCUT2D eigenvalue weighted by atomic mass is 35.5. The van der Waals surface area contributed by atoms with Gasteiger partial charge >= 0.3 is 0 Å². The minimum atomic E-state index is 0.0230. The fourth-order valence-electron chi connectivity index (χ4n) is 4.53.